The molecule has 3 N–H and O–H groups in total. The minimum Gasteiger partial charge on any atom is -0.444 e. The van der Waals surface area contributed by atoms with Gasteiger partial charge in [0.1, 0.15) is 5.60 Å². The molecule has 2 rings (SSSR count). The van der Waals surface area contributed by atoms with E-state index in [9.17, 15) is 9.00 Å². The zero-order chi connectivity index (χ0) is 22.7. The number of benzene rings is 2. The Morgan fingerprint density at radius 3 is 2.26 bits per heavy atom. The van der Waals surface area contributed by atoms with Gasteiger partial charge in [0.2, 0.25) is 0 Å². The number of amides is 1. The van der Waals surface area contributed by atoms with Gasteiger partial charge < -0.3 is 15.4 Å². The summed E-state index contributed by atoms with van der Waals surface area (Å²) in [7, 11) is 0.675. The van der Waals surface area contributed by atoms with E-state index in [1.165, 1.54) is 0 Å². The van der Waals surface area contributed by atoms with Gasteiger partial charge in [0.15, 0.2) is 5.96 Å². The van der Waals surface area contributed by atoms with Gasteiger partial charge in [-0.2, -0.15) is 0 Å². The van der Waals surface area contributed by atoms with Crippen LogP contribution in [0.5, 0.6) is 0 Å². The SMILES string of the molecule is CN=C(NCCc1ccc(NC(=O)OC(C)(C)C)cc1)NCCS(=O)c1ccccc1. The first kappa shape index (κ1) is 24.4. The lowest BCUT2D eigenvalue weighted by Gasteiger charge is -2.19. The zero-order valence-corrected chi connectivity index (χ0v) is 19.4. The van der Waals surface area contributed by atoms with Gasteiger partial charge in [0.05, 0.1) is 10.8 Å². The molecule has 0 bridgehead atoms. The Morgan fingerprint density at radius 2 is 1.65 bits per heavy atom. The molecule has 0 aromatic heterocycles. The van der Waals surface area contributed by atoms with Gasteiger partial charge in [-0.25, -0.2) is 4.79 Å². The molecule has 0 saturated carbocycles. The molecule has 1 amide bonds. The van der Waals surface area contributed by atoms with E-state index in [-0.39, 0.29) is 0 Å². The quantitative estimate of drug-likeness (QED) is 0.428. The van der Waals surface area contributed by atoms with Crippen molar-refractivity contribution in [3.8, 4) is 0 Å². The van der Waals surface area contributed by atoms with E-state index in [0.29, 0.717) is 30.5 Å². The molecule has 0 aliphatic heterocycles. The summed E-state index contributed by atoms with van der Waals surface area (Å²) in [6.45, 7) is 6.74. The number of nitrogens with zero attached hydrogens (tertiary/aromatic N) is 1. The Balaban J connectivity index is 1.70. The second-order valence-corrected chi connectivity index (χ2v) is 9.43. The molecule has 1 unspecified atom stereocenters. The highest BCUT2D eigenvalue weighted by atomic mass is 32.2. The van der Waals surface area contributed by atoms with Crippen molar-refractivity contribution in [1.82, 2.24) is 10.6 Å². The standard InChI is InChI=1S/C23H32N4O3S/c1-23(2,3)30-22(28)27-19-12-10-18(11-13-19)14-15-25-21(24-4)26-16-17-31(29)20-8-6-5-7-9-20/h5-13H,14-17H2,1-4H3,(H,27,28)(H2,24,25,26). The van der Waals surface area contributed by atoms with Crippen LogP contribution in [0.15, 0.2) is 64.5 Å². The lowest BCUT2D eigenvalue weighted by molar-refractivity contribution is 0.0636. The van der Waals surface area contributed by atoms with Crippen LogP contribution in [0.4, 0.5) is 10.5 Å². The predicted molar refractivity (Wildman–Crippen MR) is 127 cm³/mol. The van der Waals surface area contributed by atoms with Gasteiger partial charge in [0.25, 0.3) is 0 Å². The van der Waals surface area contributed by atoms with E-state index in [1.807, 2.05) is 75.4 Å². The number of carbonyl (C=O) groups excluding carboxylic acids is 1. The molecule has 0 aliphatic carbocycles. The summed E-state index contributed by atoms with van der Waals surface area (Å²) in [5, 5.41) is 9.17. The fourth-order valence-corrected chi connectivity index (χ4v) is 3.66. The van der Waals surface area contributed by atoms with Crippen molar-refractivity contribution < 1.29 is 13.7 Å². The third kappa shape index (κ3) is 9.65. The Morgan fingerprint density at radius 1 is 1.00 bits per heavy atom. The molecular weight excluding hydrogens is 412 g/mol. The van der Waals surface area contributed by atoms with Crippen LogP contribution in [0.3, 0.4) is 0 Å². The maximum absolute atomic E-state index is 12.3. The Hall–Kier alpha value is -2.87. The van der Waals surface area contributed by atoms with Crippen molar-refractivity contribution in [2.75, 3.05) is 31.2 Å². The number of ether oxygens (including phenoxy) is 1. The summed E-state index contributed by atoms with van der Waals surface area (Å²) in [5.41, 5.74) is 1.29. The Kier molecular flexibility index (Phi) is 9.52. The van der Waals surface area contributed by atoms with E-state index >= 15 is 0 Å². The van der Waals surface area contributed by atoms with Crippen molar-refractivity contribution in [3.05, 3.63) is 60.2 Å². The maximum Gasteiger partial charge on any atom is 0.412 e. The summed E-state index contributed by atoms with van der Waals surface area (Å²) in [6.07, 6.45) is 0.327. The monoisotopic (exact) mass is 444 g/mol. The van der Waals surface area contributed by atoms with E-state index < -0.39 is 22.5 Å². The molecule has 2 aromatic rings. The minimum atomic E-state index is -1.03. The summed E-state index contributed by atoms with van der Waals surface area (Å²) >= 11 is 0. The van der Waals surface area contributed by atoms with E-state index in [2.05, 4.69) is 20.9 Å². The molecule has 0 saturated heterocycles. The number of rotatable bonds is 8. The molecule has 31 heavy (non-hydrogen) atoms. The molecule has 0 spiro atoms. The van der Waals surface area contributed by atoms with Crippen LogP contribution in [0, 0.1) is 0 Å². The van der Waals surface area contributed by atoms with Crippen LogP contribution in [0.2, 0.25) is 0 Å². The maximum atomic E-state index is 12.3. The number of anilines is 1. The highest BCUT2D eigenvalue weighted by Crippen LogP contribution is 2.13. The highest BCUT2D eigenvalue weighted by Gasteiger charge is 2.16. The minimum absolute atomic E-state index is 0.468. The van der Waals surface area contributed by atoms with Crippen molar-refractivity contribution >= 4 is 28.5 Å². The van der Waals surface area contributed by atoms with Crippen molar-refractivity contribution in [2.45, 2.75) is 37.7 Å². The normalized spacial score (nSPS) is 12.7. The fourth-order valence-electron chi connectivity index (χ4n) is 2.67. The fraction of sp³-hybridized carbons (Fsp3) is 0.391. The van der Waals surface area contributed by atoms with Crippen molar-refractivity contribution in [1.29, 1.82) is 0 Å². The van der Waals surface area contributed by atoms with Crippen LogP contribution in [-0.4, -0.2) is 47.8 Å². The largest absolute Gasteiger partial charge is 0.444 e. The topological polar surface area (TPSA) is 91.8 Å². The highest BCUT2D eigenvalue weighted by molar-refractivity contribution is 7.85. The number of nitrogens with one attached hydrogen (secondary N) is 3. The molecule has 168 valence electrons. The van der Waals surface area contributed by atoms with Crippen LogP contribution in [-0.2, 0) is 22.0 Å². The van der Waals surface area contributed by atoms with E-state index in [1.54, 1.807) is 7.05 Å². The molecule has 0 fully saturated rings. The average molecular weight is 445 g/mol. The van der Waals surface area contributed by atoms with Gasteiger partial charge in [-0.3, -0.25) is 14.5 Å². The van der Waals surface area contributed by atoms with Crippen LogP contribution in [0.1, 0.15) is 26.3 Å². The molecule has 0 aliphatic rings. The molecule has 1 atom stereocenters. The van der Waals surface area contributed by atoms with E-state index in [0.717, 1.165) is 16.9 Å². The molecule has 2 aromatic carbocycles. The average Bonchev–Trinajstić information content (AvgIpc) is 2.73. The van der Waals surface area contributed by atoms with Crippen molar-refractivity contribution in [2.24, 2.45) is 4.99 Å². The number of aliphatic imine (C=N–C) groups is 1. The first-order valence-corrected chi connectivity index (χ1v) is 11.6. The van der Waals surface area contributed by atoms with Gasteiger partial charge >= 0.3 is 6.09 Å². The van der Waals surface area contributed by atoms with Crippen LogP contribution < -0.4 is 16.0 Å². The predicted octanol–water partition coefficient (Wildman–Crippen LogP) is 3.55. The van der Waals surface area contributed by atoms with Gasteiger partial charge in [-0.15, -0.1) is 0 Å². The third-order valence-electron chi connectivity index (χ3n) is 4.11. The second kappa shape index (κ2) is 12.1. The van der Waals surface area contributed by atoms with Crippen molar-refractivity contribution in [3.63, 3.8) is 0 Å². The summed E-state index contributed by atoms with van der Waals surface area (Å²) in [5.74, 6) is 1.19. The molecule has 8 heteroatoms. The smallest absolute Gasteiger partial charge is 0.412 e. The molecule has 7 nitrogen and oxygen atoms in total. The summed E-state index contributed by atoms with van der Waals surface area (Å²) < 4.78 is 17.5. The number of hydrogen-bond acceptors (Lipinski definition) is 4. The number of hydrogen-bond donors (Lipinski definition) is 3. The third-order valence-corrected chi connectivity index (χ3v) is 5.49. The molecule has 0 radical (unpaired) electrons. The van der Waals surface area contributed by atoms with Crippen LogP contribution >= 0.6 is 0 Å². The first-order valence-electron chi connectivity index (χ1n) is 10.2. The lowest BCUT2D eigenvalue weighted by Crippen LogP contribution is -2.40. The lowest BCUT2D eigenvalue weighted by atomic mass is 10.1. The summed E-state index contributed by atoms with van der Waals surface area (Å²) in [4.78, 5) is 16.8. The van der Waals surface area contributed by atoms with E-state index in [4.69, 9.17) is 4.74 Å². The number of guanidine groups is 1. The summed E-state index contributed by atoms with van der Waals surface area (Å²) in [6, 6.07) is 17.1. The molecular formula is C23H32N4O3S. The molecule has 0 heterocycles. The van der Waals surface area contributed by atoms with Crippen LogP contribution in [0.25, 0.3) is 0 Å². The van der Waals surface area contributed by atoms with Gasteiger partial charge in [0, 0.05) is 36.5 Å². The Labute approximate surface area is 187 Å². The van der Waals surface area contributed by atoms with Gasteiger partial charge in [-0.1, -0.05) is 30.3 Å². The first-order chi connectivity index (χ1) is 14.8. The van der Waals surface area contributed by atoms with Gasteiger partial charge in [-0.05, 0) is 57.0 Å². The Bertz CT molecular complexity index is 878. The second-order valence-electron chi connectivity index (χ2n) is 7.86. The zero-order valence-electron chi connectivity index (χ0n) is 18.6. The number of carbonyl (C=O) groups is 1.